The Morgan fingerprint density at radius 1 is 1.24 bits per heavy atom. The van der Waals surface area contributed by atoms with Crippen LogP contribution in [0.4, 0.5) is 10.1 Å². The van der Waals surface area contributed by atoms with Crippen LogP contribution in [-0.2, 0) is 16.6 Å². The van der Waals surface area contributed by atoms with Crippen molar-refractivity contribution in [1.29, 1.82) is 0 Å². The lowest BCUT2D eigenvalue weighted by atomic mass is 10.2. The minimum atomic E-state index is -4.05. The van der Waals surface area contributed by atoms with Crippen molar-refractivity contribution >= 4 is 15.7 Å². The highest BCUT2D eigenvalue weighted by atomic mass is 32.2. The number of para-hydroxylation sites is 1. The van der Waals surface area contributed by atoms with Gasteiger partial charge in [0.2, 0.25) is 0 Å². The third-order valence-electron chi connectivity index (χ3n) is 3.21. The molecule has 0 bridgehead atoms. The maximum atomic E-state index is 13.8. The Bertz CT molecular complexity index is 760. The number of anilines is 1. The van der Waals surface area contributed by atoms with E-state index in [1.54, 1.807) is 19.9 Å². The van der Waals surface area contributed by atoms with Gasteiger partial charge in [0.15, 0.2) is 0 Å². The smallest absolute Gasteiger partial charge is 0.265 e. The average molecular weight is 313 g/mol. The van der Waals surface area contributed by atoms with Crippen LogP contribution in [0.1, 0.15) is 22.6 Å². The van der Waals surface area contributed by atoms with Crippen LogP contribution >= 0.6 is 0 Å². The molecule has 0 radical (unpaired) electrons. The molecule has 0 amide bonds. The standard InChI is InChI=1S/C14H16FNO4S/c1-8-5-4-6-12(15)13(8)16-21(18,19)14-10(3)20-9(2)11(14)7-17/h4-6,16-17H,7H2,1-3H3. The van der Waals surface area contributed by atoms with Crippen molar-refractivity contribution in [3.05, 3.63) is 46.7 Å². The van der Waals surface area contributed by atoms with E-state index in [9.17, 15) is 17.9 Å². The van der Waals surface area contributed by atoms with E-state index < -0.39 is 22.4 Å². The van der Waals surface area contributed by atoms with Gasteiger partial charge in [0.05, 0.1) is 12.3 Å². The highest BCUT2D eigenvalue weighted by molar-refractivity contribution is 7.92. The maximum absolute atomic E-state index is 13.8. The number of halogens is 1. The molecule has 0 aliphatic carbocycles. The third kappa shape index (κ3) is 2.79. The fraction of sp³-hybridized carbons (Fsp3) is 0.286. The number of hydrogen-bond donors (Lipinski definition) is 2. The Hall–Kier alpha value is -1.86. The number of aryl methyl sites for hydroxylation is 3. The molecule has 7 heteroatoms. The number of benzene rings is 1. The van der Waals surface area contributed by atoms with Crippen LogP contribution in [0.25, 0.3) is 0 Å². The number of hydrogen-bond acceptors (Lipinski definition) is 4. The Balaban J connectivity index is 2.54. The van der Waals surface area contributed by atoms with Gasteiger partial charge in [-0.05, 0) is 32.4 Å². The number of furan rings is 1. The summed E-state index contributed by atoms with van der Waals surface area (Å²) in [4.78, 5) is -0.148. The van der Waals surface area contributed by atoms with Gasteiger partial charge in [0.25, 0.3) is 10.0 Å². The first-order valence-corrected chi connectivity index (χ1v) is 7.74. The van der Waals surface area contributed by atoms with E-state index in [2.05, 4.69) is 4.72 Å². The van der Waals surface area contributed by atoms with Crippen molar-refractivity contribution in [2.45, 2.75) is 32.3 Å². The van der Waals surface area contributed by atoms with Gasteiger partial charge < -0.3 is 9.52 Å². The van der Waals surface area contributed by atoms with Crippen LogP contribution in [0.3, 0.4) is 0 Å². The van der Waals surface area contributed by atoms with Gasteiger partial charge in [-0.2, -0.15) is 0 Å². The van der Waals surface area contributed by atoms with Gasteiger partial charge in [-0.15, -0.1) is 0 Å². The predicted octanol–water partition coefficient (Wildman–Crippen LogP) is 2.64. The number of rotatable bonds is 4. The average Bonchev–Trinajstić information content (AvgIpc) is 2.69. The van der Waals surface area contributed by atoms with E-state index in [4.69, 9.17) is 4.42 Å². The first kappa shape index (κ1) is 15.5. The summed E-state index contributed by atoms with van der Waals surface area (Å²) in [5, 5.41) is 9.32. The molecule has 21 heavy (non-hydrogen) atoms. The van der Waals surface area contributed by atoms with E-state index in [1.165, 1.54) is 19.1 Å². The van der Waals surface area contributed by atoms with Crippen molar-refractivity contribution in [3.63, 3.8) is 0 Å². The molecular formula is C14H16FNO4S. The summed E-state index contributed by atoms with van der Waals surface area (Å²) in [6.45, 7) is 4.16. The normalized spacial score (nSPS) is 11.7. The zero-order valence-electron chi connectivity index (χ0n) is 11.9. The second kappa shape index (κ2) is 5.50. The summed E-state index contributed by atoms with van der Waals surface area (Å²) in [5.74, 6) is -0.194. The van der Waals surface area contributed by atoms with Gasteiger partial charge in [-0.25, -0.2) is 12.8 Å². The Labute approximate surface area is 122 Å². The lowest BCUT2D eigenvalue weighted by Crippen LogP contribution is -2.17. The van der Waals surface area contributed by atoms with Crippen molar-refractivity contribution < 1.29 is 22.3 Å². The van der Waals surface area contributed by atoms with Gasteiger partial charge >= 0.3 is 0 Å². The molecule has 0 atom stereocenters. The summed E-state index contributed by atoms with van der Waals surface area (Å²) < 4.78 is 46.2. The molecule has 0 unspecified atom stereocenters. The molecule has 114 valence electrons. The molecule has 0 aliphatic rings. The lowest BCUT2D eigenvalue weighted by molar-refractivity contribution is 0.276. The van der Waals surface area contributed by atoms with Crippen molar-refractivity contribution in [1.82, 2.24) is 0 Å². The molecule has 1 heterocycles. The molecule has 0 fully saturated rings. The zero-order chi connectivity index (χ0) is 15.8. The highest BCUT2D eigenvalue weighted by Crippen LogP contribution is 2.30. The Morgan fingerprint density at radius 3 is 2.48 bits per heavy atom. The zero-order valence-corrected chi connectivity index (χ0v) is 12.7. The van der Waals surface area contributed by atoms with E-state index >= 15 is 0 Å². The summed E-state index contributed by atoms with van der Waals surface area (Å²) in [6, 6.07) is 4.27. The topological polar surface area (TPSA) is 79.5 Å². The van der Waals surface area contributed by atoms with Crippen LogP contribution in [0.5, 0.6) is 0 Å². The highest BCUT2D eigenvalue weighted by Gasteiger charge is 2.27. The van der Waals surface area contributed by atoms with Crippen LogP contribution in [-0.4, -0.2) is 13.5 Å². The first-order valence-electron chi connectivity index (χ1n) is 6.25. The van der Waals surface area contributed by atoms with Crippen molar-refractivity contribution in [3.8, 4) is 0 Å². The molecule has 2 N–H and O–H groups in total. The predicted molar refractivity (Wildman–Crippen MR) is 76.1 cm³/mol. The quantitative estimate of drug-likeness (QED) is 0.909. The summed E-state index contributed by atoms with van der Waals surface area (Å²) >= 11 is 0. The fourth-order valence-corrected chi connectivity index (χ4v) is 3.77. The second-order valence-corrected chi connectivity index (χ2v) is 6.34. The number of nitrogens with one attached hydrogen (secondary N) is 1. The van der Waals surface area contributed by atoms with Gasteiger partial charge in [0.1, 0.15) is 22.2 Å². The van der Waals surface area contributed by atoms with Crippen LogP contribution < -0.4 is 4.72 Å². The van der Waals surface area contributed by atoms with Crippen LogP contribution in [0.2, 0.25) is 0 Å². The molecule has 1 aromatic carbocycles. The molecule has 0 saturated heterocycles. The lowest BCUT2D eigenvalue weighted by Gasteiger charge is -2.11. The molecule has 2 rings (SSSR count). The number of sulfonamides is 1. The van der Waals surface area contributed by atoms with E-state index in [-0.39, 0.29) is 21.9 Å². The summed E-state index contributed by atoms with van der Waals surface area (Å²) in [6.07, 6.45) is 0. The molecule has 1 aromatic heterocycles. The van der Waals surface area contributed by atoms with Gasteiger partial charge in [-0.1, -0.05) is 12.1 Å². The molecular weight excluding hydrogens is 297 g/mol. The van der Waals surface area contributed by atoms with E-state index in [0.717, 1.165) is 0 Å². The van der Waals surface area contributed by atoms with Crippen LogP contribution in [0, 0.1) is 26.6 Å². The SMILES string of the molecule is Cc1cccc(F)c1NS(=O)(=O)c1c(C)oc(C)c1CO. The van der Waals surface area contributed by atoms with Crippen LogP contribution in [0.15, 0.2) is 27.5 Å². The summed E-state index contributed by atoms with van der Waals surface area (Å²) in [5.41, 5.74) is 0.524. The second-order valence-electron chi connectivity index (χ2n) is 4.72. The molecule has 0 aliphatic heterocycles. The van der Waals surface area contributed by atoms with Gasteiger partial charge in [-0.3, -0.25) is 4.72 Å². The maximum Gasteiger partial charge on any atom is 0.265 e. The largest absolute Gasteiger partial charge is 0.465 e. The Kier molecular flexibility index (Phi) is 4.06. The molecule has 2 aromatic rings. The van der Waals surface area contributed by atoms with Crippen molar-refractivity contribution in [2.24, 2.45) is 0 Å². The third-order valence-corrected chi connectivity index (χ3v) is 4.75. The van der Waals surface area contributed by atoms with Crippen molar-refractivity contribution in [2.75, 3.05) is 4.72 Å². The summed E-state index contributed by atoms with van der Waals surface area (Å²) in [7, 11) is -4.05. The van der Waals surface area contributed by atoms with Gasteiger partial charge in [0, 0.05) is 5.56 Å². The number of aliphatic hydroxyl groups excluding tert-OH is 1. The first-order chi connectivity index (χ1) is 9.77. The fourth-order valence-electron chi connectivity index (χ4n) is 2.19. The molecule has 5 nitrogen and oxygen atoms in total. The monoisotopic (exact) mass is 313 g/mol. The Morgan fingerprint density at radius 2 is 1.90 bits per heavy atom. The minimum Gasteiger partial charge on any atom is -0.465 e. The van der Waals surface area contributed by atoms with E-state index in [0.29, 0.717) is 11.3 Å². The number of aliphatic hydroxyl groups is 1. The molecule has 0 spiro atoms. The molecule has 0 saturated carbocycles. The minimum absolute atomic E-state index is 0.111. The van der Waals surface area contributed by atoms with E-state index in [1.807, 2.05) is 0 Å².